The Hall–Kier alpha value is -3.90. The number of nitriles is 1. The number of halogens is 2. The summed E-state index contributed by atoms with van der Waals surface area (Å²) in [6.07, 6.45) is 3.40. The number of hydrogen-bond acceptors (Lipinski definition) is 7. The minimum Gasteiger partial charge on any atom is -0.382 e. The largest absolute Gasteiger partial charge is 0.382 e. The molecule has 0 aliphatic rings. The van der Waals surface area contributed by atoms with Crippen LogP contribution >= 0.6 is 11.6 Å². The molecule has 0 fully saturated rings. The average molecular weight is 423 g/mol. The topological polar surface area (TPSA) is 131 Å². The van der Waals surface area contributed by atoms with Crippen LogP contribution in [0.5, 0.6) is 0 Å². The number of nitrogens with two attached hydrogens (primary N) is 2. The standard InChI is InChI=1S/C20H16ClFN8/c1-10(27-18-13(8-23)17(24)28-20(25)29-18)14-9-30(12-4-2-3-11(22)7-12)19-16(14)15(21)5-6-26-19/h2-7,9-10H,1H3,(H5,24,25,27,28,29)/t10-/m0/s1. The molecular weight excluding hydrogens is 407 g/mol. The second-order valence-electron chi connectivity index (χ2n) is 6.59. The van der Waals surface area contributed by atoms with Crippen molar-refractivity contribution in [2.75, 3.05) is 16.8 Å². The van der Waals surface area contributed by atoms with Gasteiger partial charge in [0.15, 0.2) is 5.82 Å². The number of hydrogen-bond donors (Lipinski definition) is 3. The molecule has 3 aromatic heterocycles. The van der Waals surface area contributed by atoms with Gasteiger partial charge in [0.1, 0.15) is 28.9 Å². The molecule has 5 N–H and O–H groups in total. The predicted molar refractivity (Wildman–Crippen MR) is 114 cm³/mol. The normalized spacial score (nSPS) is 11.9. The van der Waals surface area contributed by atoms with Crippen LogP contribution < -0.4 is 16.8 Å². The number of rotatable bonds is 4. The molecular formula is C20H16ClFN8. The van der Waals surface area contributed by atoms with Crippen molar-refractivity contribution in [2.24, 2.45) is 0 Å². The molecule has 150 valence electrons. The Labute approximate surface area is 175 Å². The van der Waals surface area contributed by atoms with Crippen molar-refractivity contribution in [3.05, 3.63) is 64.7 Å². The van der Waals surface area contributed by atoms with Crippen LogP contribution in [0.2, 0.25) is 5.02 Å². The summed E-state index contributed by atoms with van der Waals surface area (Å²) in [5.41, 5.74) is 13.5. The van der Waals surface area contributed by atoms with Crippen LogP contribution in [-0.2, 0) is 0 Å². The molecule has 30 heavy (non-hydrogen) atoms. The number of aromatic nitrogens is 4. The van der Waals surface area contributed by atoms with Gasteiger partial charge >= 0.3 is 0 Å². The van der Waals surface area contributed by atoms with Crippen molar-refractivity contribution >= 4 is 40.2 Å². The fourth-order valence-electron chi connectivity index (χ4n) is 3.29. The lowest BCUT2D eigenvalue weighted by Gasteiger charge is -2.16. The number of nitrogen functional groups attached to an aromatic ring is 2. The lowest BCUT2D eigenvalue weighted by molar-refractivity contribution is 0.627. The highest BCUT2D eigenvalue weighted by atomic mass is 35.5. The zero-order valence-electron chi connectivity index (χ0n) is 15.8. The maximum Gasteiger partial charge on any atom is 0.224 e. The number of nitrogens with one attached hydrogen (secondary N) is 1. The van der Waals surface area contributed by atoms with E-state index in [2.05, 4.69) is 20.3 Å². The van der Waals surface area contributed by atoms with Crippen molar-refractivity contribution in [1.29, 1.82) is 5.26 Å². The van der Waals surface area contributed by atoms with Crippen molar-refractivity contribution < 1.29 is 4.39 Å². The van der Waals surface area contributed by atoms with Crippen LogP contribution in [0, 0.1) is 17.1 Å². The highest BCUT2D eigenvalue weighted by molar-refractivity contribution is 6.35. The van der Waals surface area contributed by atoms with Gasteiger partial charge in [0.2, 0.25) is 5.95 Å². The molecule has 0 amide bonds. The SMILES string of the molecule is C[C@H](Nc1nc(N)nc(N)c1C#N)c1cn(-c2cccc(F)c2)c2nccc(Cl)c12. The number of nitrogens with zero attached hydrogens (tertiary/aromatic N) is 5. The van der Waals surface area contributed by atoms with Gasteiger partial charge in [-0.15, -0.1) is 0 Å². The summed E-state index contributed by atoms with van der Waals surface area (Å²) in [6, 6.07) is 9.45. The molecule has 0 saturated heterocycles. The molecule has 0 spiro atoms. The first kappa shape index (κ1) is 19.4. The van der Waals surface area contributed by atoms with Crippen LogP contribution in [0.3, 0.4) is 0 Å². The molecule has 1 aromatic carbocycles. The quantitative estimate of drug-likeness (QED) is 0.455. The van der Waals surface area contributed by atoms with Gasteiger partial charge in [-0.05, 0) is 31.2 Å². The van der Waals surface area contributed by atoms with E-state index < -0.39 is 0 Å². The fraction of sp³-hybridized carbons (Fsp3) is 0.100. The number of pyridine rings is 1. The van der Waals surface area contributed by atoms with Gasteiger partial charge in [0.05, 0.1) is 11.1 Å². The van der Waals surface area contributed by atoms with Crippen LogP contribution in [-0.4, -0.2) is 19.5 Å². The summed E-state index contributed by atoms with van der Waals surface area (Å²) in [5, 5.41) is 13.7. The van der Waals surface area contributed by atoms with E-state index in [0.717, 1.165) is 5.56 Å². The Bertz CT molecular complexity index is 1310. The average Bonchev–Trinajstić information content (AvgIpc) is 3.09. The second kappa shape index (κ2) is 7.50. The zero-order chi connectivity index (χ0) is 21.4. The van der Waals surface area contributed by atoms with Gasteiger partial charge in [-0.1, -0.05) is 17.7 Å². The number of anilines is 3. The summed E-state index contributed by atoms with van der Waals surface area (Å²) in [4.78, 5) is 12.3. The highest BCUT2D eigenvalue weighted by Gasteiger charge is 2.21. The molecule has 4 rings (SSSR count). The fourth-order valence-corrected chi connectivity index (χ4v) is 3.54. The minimum absolute atomic E-state index is 0.0124. The maximum absolute atomic E-state index is 13.8. The molecule has 0 radical (unpaired) electrons. The first-order valence-corrected chi connectivity index (χ1v) is 9.28. The molecule has 0 aliphatic carbocycles. The Balaban J connectivity index is 1.85. The van der Waals surface area contributed by atoms with E-state index in [0.29, 0.717) is 21.7 Å². The third-order valence-electron chi connectivity index (χ3n) is 4.64. The van der Waals surface area contributed by atoms with E-state index in [-0.39, 0.29) is 35.0 Å². The smallest absolute Gasteiger partial charge is 0.224 e. The molecule has 0 saturated carbocycles. The van der Waals surface area contributed by atoms with E-state index in [4.69, 9.17) is 23.1 Å². The summed E-state index contributed by atoms with van der Waals surface area (Å²) >= 11 is 6.48. The molecule has 0 bridgehead atoms. The van der Waals surface area contributed by atoms with Gasteiger partial charge in [-0.25, -0.2) is 9.37 Å². The number of benzene rings is 1. The molecule has 10 heteroatoms. The van der Waals surface area contributed by atoms with Crippen LogP contribution in [0.15, 0.2) is 42.7 Å². The molecule has 4 aromatic rings. The lowest BCUT2D eigenvalue weighted by atomic mass is 10.1. The Kier molecular flexibility index (Phi) is 4.85. The van der Waals surface area contributed by atoms with Crippen LogP contribution in [0.4, 0.5) is 22.0 Å². The summed E-state index contributed by atoms with van der Waals surface area (Å²) < 4.78 is 15.6. The van der Waals surface area contributed by atoms with Gasteiger partial charge in [-0.2, -0.15) is 15.2 Å². The first-order valence-electron chi connectivity index (χ1n) is 8.90. The Morgan fingerprint density at radius 3 is 2.80 bits per heavy atom. The summed E-state index contributed by atoms with van der Waals surface area (Å²) in [5.74, 6) is -0.221. The predicted octanol–water partition coefficient (Wildman–Crippen LogP) is 3.82. The van der Waals surface area contributed by atoms with E-state index in [9.17, 15) is 9.65 Å². The maximum atomic E-state index is 13.8. The zero-order valence-corrected chi connectivity index (χ0v) is 16.5. The van der Waals surface area contributed by atoms with E-state index >= 15 is 0 Å². The Morgan fingerprint density at radius 2 is 2.07 bits per heavy atom. The van der Waals surface area contributed by atoms with Gasteiger partial charge in [-0.3, -0.25) is 0 Å². The minimum atomic E-state index is -0.371. The van der Waals surface area contributed by atoms with Crippen molar-refractivity contribution in [3.63, 3.8) is 0 Å². The second-order valence-corrected chi connectivity index (χ2v) is 7.00. The monoisotopic (exact) mass is 422 g/mol. The van der Waals surface area contributed by atoms with Gasteiger partial charge in [0, 0.05) is 29.0 Å². The van der Waals surface area contributed by atoms with E-state index in [1.165, 1.54) is 12.1 Å². The molecule has 3 heterocycles. The van der Waals surface area contributed by atoms with Crippen molar-refractivity contribution in [2.45, 2.75) is 13.0 Å². The van der Waals surface area contributed by atoms with Crippen LogP contribution in [0.1, 0.15) is 24.1 Å². The van der Waals surface area contributed by atoms with Crippen molar-refractivity contribution in [3.8, 4) is 11.8 Å². The lowest BCUT2D eigenvalue weighted by Crippen LogP contribution is -2.13. The third kappa shape index (κ3) is 3.33. The van der Waals surface area contributed by atoms with Crippen LogP contribution in [0.25, 0.3) is 16.7 Å². The summed E-state index contributed by atoms with van der Waals surface area (Å²) in [7, 11) is 0. The van der Waals surface area contributed by atoms with Gasteiger partial charge < -0.3 is 21.4 Å². The third-order valence-corrected chi connectivity index (χ3v) is 4.95. The molecule has 0 aliphatic heterocycles. The first-order chi connectivity index (χ1) is 14.4. The molecule has 1 atom stereocenters. The highest BCUT2D eigenvalue weighted by Crippen LogP contribution is 2.35. The van der Waals surface area contributed by atoms with E-state index in [1.54, 1.807) is 29.0 Å². The van der Waals surface area contributed by atoms with Crippen molar-refractivity contribution in [1.82, 2.24) is 19.5 Å². The van der Waals surface area contributed by atoms with E-state index in [1.807, 2.05) is 19.2 Å². The Morgan fingerprint density at radius 1 is 1.27 bits per heavy atom. The number of fused-ring (bicyclic) bond motifs is 1. The molecule has 0 unspecified atom stereocenters. The summed E-state index contributed by atoms with van der Waals surface area (Å²) in [6.45, 7) is 1.86. The van der Waals surface area contributed by atoms with Gasteiger partial charge in [0.25, 0.3) is 0 Å². The molecule has 8 nitrogen and oxygen atoms in total.